The molecule has 0 amide bonds. The van der Waals surface area contributed by atoms with Crippen molar-refractivity contribution in [1.82, 2.24) is 0 Å². The molecule has 0 saturated heterocycles. The zero-order valence-corrected chi connectivity index (χ0v) is 10.9. The van der Waals surface area contributed by atoms with Crippen LogP contribution in [0, 0.1) is 0 Å². The molecule has 0 unspecified atom stereocenters. The number of carbonyl (C=O) groups excluding carboxylic acids is 1. The molecule has 0 N–H and O–H groups in total. The molecule has 2 aromatic carbocycles. The summed E-state index contributed by atoms with van der Waals surface area (Å²) < 4.78 is 24.2. The predicted octanol–water partition coefficient (Wildman–Crippen LogP) is 3.08. The van der Waals surface area contributed by atoms with Crippen LogP contribution in [0.15, 0.2) is 48.5 Å². The van der Waals surface area contributed by atoms with Crippen molar-refractivity contribution in [1.29, 1.82) is 0 Å². The van der Waals surface area contributed by atoms with Crippen molar-refractivity contribution in [2.24, 2.45) is 0 Å². The topological polar surface area (TPSA) is 35.5 Å². The molecule has 0 aliphatic carbocycles. The van der Waals surface area contributed by atoms with Crippen molar-refractivity contribution in [3.8, 4) is 5.75 Å². The second kappa shape index (κ2) is 4.63. The lowest BCUT2D eigenvalue weighted by Gasteiger charge is -2.26. The highest BCUT2D eigenvalue weighted by Crippen LogP contribution is 2.42. The SMILES string of the molecule is COc1ccc([C@@]2(CF)OC(=O)c3ccccc32)cc1. The zero-order valence-electron chi connectivity index (χ0n) is 10.9. The molecule has 0 saturated carbocycles. The van der Waals surface area contributed by atoms with Crippen molar-refractivity contribution >= 4 is 5.97 Å². The van der Waals surface area contributed by atoms with Gasteiger partial charge in [0.25, 0.3) is 0 Å². The largest absolute Gasteiger partial charge is 0.497 e. The third-order valence-electron chi connectivity index (χ3n) is 3.59. The fourth-order valence-electron chi connectivity index (χ4n) is 2.53. The molecule has 1 heterocycles. The van der Waals surface area contributed by atoms with Crippen LogP contribution in [-0.4, -0.2) is 19.8 Å². The molecule has 1 aliphatic rings. The molecule has 3 rings (SSSR count). The average Bonchev–Trinajstić information content (AvgIpc) is 2.81. The molecule has 2 aromatic rings. The maximum Gasteiger partial charge on any atom is 0.339 e. The van der Waals surface area contributed by atoms with Crippen LogP contribution >= 0.6 is 0 Å². The number of benzene rings is 2. The van der Waals surface area contributed by atoms with Crippen LogP contribution in [0.2, 0.25) is 0 Å². The first-order valence-corrected chi connectivity index (χ1v) is 6.24. The van der Waals surface area contributed by atoms with Crippen molar-refractivity contribution in [3.63, 3.8) is 0 Å². The number of cyclic esters (lactones) is 1. The Morgan fingerprint density at radius 2 is 1.85 bits per heavy atom. The Morgan fingerprint density at radius 3 is 2.50 bits per heavy atom. The first kappa shape index (κ1) is 12.7. The minimum absolute atomic E-state index is 0.418. The highest BCUT2D eigenvalue weighted by molar-refractivity contribution is 5.95. The van der Waals surface area contributed by atoms with E-state index < -0.39 is 18.2 Å². The van der Waals surface area contributed by atoms with Gasteiger partial charge in [0.15, 0.2) is 5.60 Å². The molecule has 0 fully saturated rings. The van der Waals surface area contributed by atoms with Gasteiger partial charge in [-0.25, -0.2) is 9.18 Å². The van der Waals surface area contributed by atoms with Gasteiger partial charge in [0.1, 0.15) is 12.4 Å². The van der Waals surface area contributed by atoms with Gasteiger partial charge in [0, 0.05) is 11.1 Å². The van der Waals surface area contributed by atoms with Crippen LogP contribution in [0.5, 0.6) is 5.75 Å². The second-order valence-corrected chi connectivity index (χ2v) is 4.62. The standard InChI is InChI=1S/C16H13FO3/c1-19-12-8-6-11(7-9-12)16(10-17)14-5-3-2-4-13(14)15(18)20-16/h2-9H,10H2,1H3/t16-/m1/s1. The Labute approximate surface area is 115 Å². The molecule has 0 bridgehead atoms. The van der Waals surface area contributed by atoms with Gasteiger partial charge in [-0.2, -0.15) is 0 Å². The summed E-state index contributed by atoms with van der Waals surface area (Å²) in [6.07, 6.45) is 0. The summed E-state index contributed by atoms with van der Waals surface area (Å²) in [4.78, 5) is 11.9. The molecular weight excluding hydrogens is 259 g/mol. The molecule has 20 heavy (non-hydrogen) atoms. The van der Waals surface area contributed by atoms with Crippen LogP contribution in [0.4, 0.5) is 4.39 Å². The van der Waals surface area contributed by atoms with E-state index in [0.29, 0.717) is 22.4 Å². The van der Waals surface area contributed by atoms with Crippen molar-refractivity contribution < 1.29 is 18.7 Å². The van der Waals surface area contributed by atoms with Crippen molar-refractivity contribution in [3.05, 3.63) is 65.2 Å². The number of hydrogen-bond donors (Lipinski definition) is 0. The summed E-state index contributed by atoms with van der Waals surface area (Å²) >= 11 is 0. The van der Waals surface area contributed by atoms with Gasteiger partial charge in [-0.1, -0.05) is 30.3 Å². The molecule has 102 valence electrons. The van der Waals surface area contributed by atoms with Gasteiger partial charge >= 0.3 is 5.97 Å². The van der Waals surface area contributed by atoms with E-state index in [1.165, 1.54) is 0 Å². The minimum Gasteiger partial charge on any atom is -0.497 e. The van der Waals surface area contributed by atoms with E-state index in [2.05, 4.69) is 0 Å². The van der Waals surface area contributed by atoms with E-state index in [-0.39, 0.29) is 0 Å². The Hall–Kier alpha value is -2.36. The number of alkyl halides is 1. The highest BCUT2D eigenvalue weighted by atomic mass is 19.1. The van der Waals surface area contributed by atoms with E-state index >= 15 is 0 Å². The van der Waals surface area contributed by atoms with Gasteiger partial charge in [0.05, 0.1) is 12.7 Å². The molecule has 0 aromatic heterocycles. The molecular formula is C16H13FO3. The Morgan fingerprint density at radius 1 is 1.15 bits per heavy atom. The van der Waals surface area contributed by atoms with Crippen LogP contribution in [-0.2, 0) is 10.3 Å². The molecule has 3 nitrogen and oxygen atoms in total. The number of hydrogen-bond acceptors (Lipinski definition) is 3. The Kier molecular flexibility index (Phi) is 2.93. The number of carbonyl (C=O) groups is 1. The molecule has 1 aliphatic heterocycles. The maximum atomic E-state index is 13.8. The Bertz CT molecular complexity index is 651. The summed E-state index contributed by atoms with van der Waals surface area (Å²) in [5, 5.41) is 0. The van der Waals surface area contributed by atoms with E-state index in [1.54, 1.807) is 55.6 Å². The third kappa shape index (κ3) is 1.68. The summed E-state index contributed by atoms with van der Waals surface area (Å²) in [6.45, 7) is -0.803. The van der Waals surface area contributed by atoms with E-state index in [1.807, 2.05) is 0 Å². The van der Waals surface area contributed by atoms with Crippen molar-refractivity contribution in [2.45, 2.75) is 5.60 Å². The van der Waals surface area contributed by atoms with Crippen molar-refractivity contribution in [2.75, 3.05) is 13.8 Å². The highest BCUT2D eigenvalue weighted by Gasteiger charge is 2.47. The van der Waals surface area contributed by atoms with E-state index in [0.717, 1.165) is 0 Å². The lowest BCUT2D eigenvalue weighted by molar-refractivity contribution is 0.000381. The lowest BCUT2D eigenvalue weighted by Crippen LogP contribution is -2.30. The molecule has 4 heteroatoms. The average molecular weight is 272 g/mol. The smallest absolute Gasteiger partial charge is 0.339 e. The van der Waals surface area contributed by atoms with Crippen LogP contribution in [0.3, 0.4) is 0 Å². The zero-order chi connectivity index (χ0) is 14.2. The minimum atomic E-state index is -1.35. The summed E-state index contributed by atoms with van der Waals surface area (Å²) in [7, 11) is 1.56. The fraction of sp³-hybridized carbons (Fsp3) is 0.188. The molecule has 0 radical (unpaired) electrons. The van der Waals surface area contributed by atoms with E-state index in [9.17, 15) is 9.18 Å². The summed E-state index contributed by atoms with van der Waals surface area (Å²) in [5.74, 6) is 0.175. The molecule has 1 atom stereocenters. The fourth-order valence-corrected chi connectivity index (χ4v) is 2.53. The second-order valence-electron chi connectivity index (χ2n) is 4.62. The number of esters is 1. The Balaban J connectivity index is 2.15. The van der Waals surface area contributed by atoms with Gasteiger partial charge < -0.3 is 9.47 Å². The monoisotopic (exact) mass is 272 g/mol. The van der Waals surface area contributed by atoms with Crippen LogP contribution in [0.1, 0.15) is 21.5 Å². The quantitative estimate of drug-likeness (QED) is 0.805. The van der Waals surface area contributed by atoms with Crippen LogP contribution in [0.25, 0.3) is 0 Å². The van der Waals surface area contributed by atoms with Gasteiger partial charge in [-0.05, 0) is 18.2 Å². The van der Waals surface area contributed by atoms with Gasteiger partial charge in [0.2, 0.25) is 0 Å². The number of rotatable bonds is 3. The first-order valence-electron chi connectivity index (χ1n) is 6.24. The maximum absolute atomic E-state index is 13.8. The number of halogens is 1. The molecule has 0 spiro atoms. The third-order valence-corrected chi connectivity index (χ3v) is 3.59. The lowest BCUT2D eigenvalue weighted by atomic mass is 9.86. The number of ether oxygens (including phenoxy) is 2. The van der Waals surface area contributed by atoms with Gasteiger partial charge in [-0.3, -0.25) is 0 Å². The summed E-state index contributed by atoms with van der Waals surface area (Å²) in [6, 6.07) is 13.8. The first-order chi connectivity index (χ1) is 9.71. The predicted molar refractivity (Wildman–Crippen MR) is 71.6 cm³/mol. The number of methoxy groups -OCH3 is 1. The van der Waals surface area contributed by atoms with E-state index in [4.69, 9.17) is 9.47 Å². The normalized spacial score (nSPS) is 20.4. The number of fused-ring (bicyclic) bond motifs is 1. The summed E-state index contributed by atoms with van der Waals surface area (Å²) in [5.41, 5.74) is 0.234. The van der Waals surface area contributed by atoms with Gasteiger partial charge in [-0.15, -0.1) is 0 Å². The van der Waals surface area contributed by atoms with Crippen LogP contribution < -0.4 is 4.74 Å².